The number of carbonyl (C=O) groups is 2. The molecule has 1 N–H and O–H groups in total. The topological polar surface area (TPSA) is 95.0 Å². The summed E-state index contributed by atoms with van der Waals surface area (Å²) in [6, 6.07) is 5.51. The fraction of sp³-hybridized carbons (Fsp3) is 0.579. The van der Waals surface area contributed by atoms with Crippen molar-refractivity contribution in [1.29, 1.82) is 0 Å². The highest BCUT2D eigenvalue weighted by atomic mass is 32.2. The summed E-state index contributed by atoms with van der Waals surface area (Å²) in [6.45, 7) is 5.69. The standard InChI is InChI=1S/C19H28N2O5S/c1-4-14(2)20(13-18(22)23)19(24)16-8-10-17(11-9-16)27(25,26)21-12-6-5-7-15(21)3/h8-11,14-15H,4-7,12-13H2,1-3H3,(H,22,23). The minimum absolute atomic E-state index is 0.0403. The van der Waals surface area contributed by atoms with Gasteiger partial charge in [0, 0.05) is 24.2 Å². The number of carboxylic acids is 1. The maximum Gasteiger partial charge on any atom is 0.323 e. The third-order valence-corrected chi connectivity index (χ3v) is 7.17. The highest BCUT2D eigenvalue weighted by Gasteiger charge is 2.31. The van der Waals surface area contributed by atoms with Gasteiger partial charge in [-0.05, 0) is 57.4 Å². The molecule has 7 nitrogen and oxygen atoms in total. The van der Waals surface area contributed by atoms with Crippen LogP contribution in [0, 0.1) is 0 Å². The van der Waals surface area contributed by atoms with Crippen LogP contribution in [0.25, 0.3) is 0 Å². The fourth-order valence-corrected chi connectivity index (χ4v) is 4.99. The first-order valence-corrected chi connectivity index (χ1v) is 10.8. The van der Waals surface area contributed by atoms with Gasteiger partial charge in [0.2, 0.25) is 10.0 Å². The largest absolute Gasteiger partial charge is 0.480 e. The van der Waals surface area contributed by atoms with Crippen molar-refractivity contribution in [1.82, 2.24) is 9.21 Å². The predicted molar refractivity (Wildman–Crippen MR) is 102 cm³/mol. The maximum atomic E-state index is 12.9. The van der Waals surface area contributed by atoms with Crippen LogP contribution in [0.1, 0.15) is 56.8 Å². The van der Waals surface area contributed by atoms with Crippen molar-refractivity contribution >= 4 is 21.9 Å². The summed E-state index contributed by atoms with van der Waals surface area (Å²) in [5, 5.41) is 9.07. The Kier molecular flexibility index (Phi) is 7.00. The second kappa shape index (κ2) is 8.84. The van der Waals surface area contributed by atoms with Gasteiger partial charge in [-0.3, -0.25) is 9.59 Å². The van der Waals surface area contributed by atoms with Crippen LogP contribution in [0.4, 0.5) is 0 Å². The molecule has 1 aliphatic rings. The number of rotatable bonds is 7. The van der Waals surface area contributed by atoms with E-state index >= 15 is 0 Å². The number of nitrogens with zero attached hydrogens (tertiary/aromatic N) is 2. The molecule has 1 amide bonds. The minimum Gasteiger partial charge on any atom is -0.480 e. The highest BCUT2D eigenvalue weighted by Crippen LogP contribution is 2.25. The van der Waals surface area contributed by atoms with Crippen LogP contribution in [-0.2, 0) is 14.8 Å². The van der Waals surface area contributed by atoms with Crippen molar-refractivity contribution in [3.05, 3.63) is 29.8 Å². The predicted octanol–water partition coefficient (Wildman–Crippen LogP) is 2.58. The minimum atomic E-state index is -3.60. The van der Waals surface area contributed by atoms with Gasteiger partial charge in [0.15, 0.2) is 0 Å². The number of benzene rings is 1. The summed E-state index contributed by atoms with van der Waals surface area (Å²) in [5.74, 6) is -1.50. The van der Waals surface area contributed by atoms with Gasteiger partial charge in [-0.1, -0.05) is 13.3 Å². The molecule has 1 aromatic rings. The van der Waals surface area contributed by atoms with Gasteiger partial charge in [-0.2, -0.15) is 4.31 Å². The van der Waals surface area contributed by atoms with Crippen LogP contribution in [0.2, 0.25) is 0 Å². The molecule has 0 bridgehead atoms. The van der Waals surface area contributed by atoms with E-state index in [0.717, 1.165) is 19.3 Å². The quantitative estimate of drug-likeness (QED) is 0.764. The van der Waals surface area contributed by atoms with Crippen molar-refractivity contribution in [3.8, 4) is 0 Å². The number of amides is 1. The summed E-state index contributed by atoms with van der Waals surface area (Å²) in [4.78, 5) is 25.2. The van der Waals surface area contributed by atoms with Crippen molar-refractivity contribution in [2.45, 2.75) is 63.4 Å². The first-order valence-electron chi connectivity index (χ1n) is 9.33. The summed E-state index contributed by atoms with van der Waals surface area (Å²) in [6.07, 6.45) is 3.34. The number of carbonyl (C=O) groups excluding carboxylic acids is 1. The van der Waals surface area contributed by atoms with E-state index < -0.39 is 21.9 Å². The van der Waals surface area contributed by atoms with Crippen molar-refractivity contribution < 1.29 is 23.1 Å². The molecule has 1 aliphatic heterocycles. The molecule has 1 heterocycles. The van der Waals surface area contributed by atoms with E-state index in [2.05, 4.69) is 0 Å². The van der Waals surface area contributed by atoms with Crippen LogP contribution in [0.3, 0.4) is 0 Å². The molecule has 0 aliphatic carbocycles. The first-order chi connectivity index (χ1) is 12.7. The zero-order chi connectivity index (χ0) is 20.2. The molecule has 8 heteroatoms. The molecule has 2 atom stereocenters. The molecule has 1 fully saturated rings. The van der Waals surface area contributed by atoms with Gasteiger partial charge in [0.25, 0.3) is 5.91 Å². The summed E-state index contributed by atoms with van der Waals surface area (Å²) >= 11 is 0. The first kappa shape index (κ1) is 21.4. The van der Waals surface area contributed by atoms with Crippen LogP contribution in [0.15, 0.2) is 29.2 Å². The lowest BCUT2D eigenvalue weighted by Gasteiger charge is -2.32. The normalized spacial score (nSPS) is 19.4. The molecule has 150 valence electrons. The van der Waals surface area contributed by atoms with E-state index in [0.29, 0.717) is 13.0 Å². The van der Waals surface area contributed by atoms with Gasteiger partial charge in [-0.15, -0.1) is 0 Å². The zero-order valence-electron chi connectivity index (χ0n) is 16.1. The van der Waals surface area contributed by atoms with Gasteiger partial charge in [0.05, 0.1) is 4.90 Å². The molecule has 0 radical (unpaired) electrons. The number of hydrogen-bond acceptors (Lipinski definition) is 4. The second-order valence-electron chi connectivity index (χ2n) is 7.07. The van der Waals surface area contributed by atoms with E-state index in [-0.39, 0.29) is 29.1 Å². The van der Waals surface area contributed by atoms with Crippen molar-refractivity contribution in [3.63, 3.8) is 0 Å². The third-order valence-electron chi connectivity index (χ3n) is 5.14. The molecular formula is C19H28N2O5S. The Morgan fingerprint density at radius 1 is 1.26 bits per heavy atom. The third kappa shape index (κ3) is 4.87. The Hall–Kier alpha value is -1.93. The number of carboxylic acid groups (broad SMARTS) is 1. The molecule has 0 aromatic heterocycles. The monoisotopic (exact) mass is 396 g/mol. The van der Waals surface area contributed by atoms with Gasteiger partial charge < -0.3 is 10.0 Å². The Morgan fingerprint density at radius 2 is 1.89 bits per heavy atom. The molecule has 2 rings (SSSR count). The van der Waals surface area contributed by atoms with E-state index in [1.54, 1.807) is 6.92 Å². The molecule has 1 aromatic carbocycles. The summed E-state index contributed by atoms with van der Waals surface area (Å²) in [5.41, 5.74) is 0.280. The molecule has 0 spiro atoms. The SMILES string of the molecule is CCC(C)N(CC(=O)O)C(=O)c1ccc(S(=O)(=O)N2CCCCC2C)cc1. The molecule has 2 unspecified atom stereocenters. The maximum absolute atomic E-state index is 12.9. The number of sulfonamides is 1. The van der Waals surface area contributed by atoms with Crippen LogP contribution in [-0.4, -0.2) is 59.8 Å². The average molecular weight is 397 g/mol. The van der Waals surface area contributed by atoms with Gasteiger partial charge in [0.1, 0.15) is 6.54 Å². The molecule has 1 saturated heterocycles. The van der Waals surface area contributed by atoms with Crippen molar-refractivity contribution in [2.24, 2.45) is 0 Å². The van der Waals surface area contributed by atoms with Gasteiger partial charge >= 0.3 is 5.97 Å². The molecule has 0 saturated carbocycles. The lowest BCUT2D eigenvalue weighted by Crippen LogP contribution is -2.42. The van der Waals surface area contributed by atoms with E-state index in [9.17, 15) is 18.0 Å². The summed E-state index contributed by atoms with van der Waals surface area (Å²) < 4.78 is 27.2. The zero-order valence-corrected chi connectivity index (χ0v) is 16.9. The second-order valence-corrected chi connectivity index (χ2v) is 8.96. The number of aliphatic carboxylic acids is 1. The Bertz CT molecular complexity index is 776. The smallest absolute Gasteiger partial charge is 0.323 e. The van der Waals surface area contributed by atoms with Crippen LogP contribution < -0.4 is 0 Å². The van der Waals surface area contributed by atoms with E-state index in [1.807, 2.05) is 13.8 Å². The van der Waals surface area contributed by atoms with Crippen LogP contribution in [0.5, 0.6) is 0 Å². The Morgan fingerprint density at radius 3 is 2.41 bits per heavy atom. The fourth-order valence-electron chi connectivity index (χ4n) is 3.29. The lowest BCUT2D eigenvalue weighted by molar-refractivity contribution is -0.138. The Balaban J connectivity index is 2.25. The molecular weight excluding hydrogens is 368 g/mol. The number of hydrogen-bond donors (Lipinski definition) is 1. The number of piperidine rings is 1. The Labute approximate surface area is 161 Å². The lowest BCUT2D eigenvalue weighted by atomic mass is 10.1. The summed E-state index contributed by atoms with van der Waals surface area (Å²) in [7, 11) is -3.60. The average Bonchev–Trinajstić information content (AvgIpc) is 2.65. The highest BCUT2D eigenvalue weighted by molar-refractivity contribution is 7.89. The van der Waals surface area contributed by atoms with E-state index in [1.165, 1.54) is 33.5 Å². The molecule has 27 heavy (non-hydrogen) atoms. The van der Waals surface area contributed by atoms with Crippen LogP contribution >= 0.6 is 0 Å². The van der Waals surface area contributed by atoms with Gasteiger partial charge in [-0.25, -0.2) is 8.42 Å². The van der Waals surface area contributed by atoms with E-state index in [4.69, 9.17) is 5.11 Å². The van der Waals surface area contributed by atoms with Crippen molar-refractivity contribution in [2.75, 3.05) is 13.1 Å².